The number of rotatable bonds is 6. The number of benzene rings is 1. The standard InChI is InChI=1S/C11H13BrFNO4S/c1-2-18-11(15)5-6-19(16,17)14-8-3-4-9(12)10(13)7-8/h3-4,7,14H,2,5-6H2,1H3. The summed E-state index contributed by atoms with van der Waals surface area (Å²) in [7, 11) is -3.71. The predicted octanol–water partition coefficient (Wildman–Crippen LogP) is 2.28. The molecule has 106 valence electrons. The fourth-order valence-electron chi connectivity index (χ4n) is 1.24. The average Bonchev–Trinajstić information content (AvgIpc) is 2.32. The minimum Gasteiger partial charge on any atom is -0.466 e. The highest BCUT2D eigenvalue weighted by Gasteiger charge is 2.14. The molecule has 5 nitrogen and oxygen atoms in total. The van der Waals surface area contributed by atoms with Crippen LogP contribution in [0, 0.1) is 5.82 Å². The number of hydrogen-bond acceptors (Lipinski definition) is 4. The monoisotopic (exact) mass is 353 g/mol. The van der Waals surface area contributed by atoms with Gasteiger partial charge in [0.25, 0.3) is 0 Å². The Labute approximate surface area is 119 Å². The molecule has 0 atom stereocenters. The van der Waals surface area contributed by atoms with Crippen LogP contribution in [0.2, 0.25) is 0 Å². The van der Waals surface area contributed by atoms with Crippen molar-refractivity contribution in [2.45, 2.75) is 13.3 Å². The normalized spacial score (nSPS) is 11.1. The number of anilines is 1. The van der Waals surface area contributed by atoms with Crippen molar-refractivity contribution in [3.05, 3.63) is 28.5 Å². The summed E-state index contributed by atoms with van der Waals surface area (Å²) in [5.74, 6) is -1.58. The van der Waals surface area contributed by atoms with Gasteiger partial charge in [0.2, 0.25) is 10.0 Å². The fourth-order valence-corrected chi connectivity index (χ4v) is 2.51. The Bertz CT molecular complexity index is 562. The van der Waals surface area contributed by atoms with Crippen LogP contribution in [0.25, 0.3) is 0 Å². The molecule has 0 aliphatic heterocycles. The third-order valence-corrected chi connectivity index (χ3v) is 4.00. The van der Waals surface area contributed by atoms with Crippen molar-refractivity contribution >= 4 is 37.6 Å². The molecular formula is C11H13BrFNO4S. The average molecular weight is 354 g/mol. The molecule has 0 spiro atoms. The first-order chi connectivity index (χ1) is 8.84. The van der Waals surface area contributed by atoms with E-state index in [9.17, 15) is 17.6 Å². The number of nitrogens with one attached hydrogen (secondary N) is 1. The Balaban J connectivity index is 2.64. The summed E-state index contributed by atoms with van der Waals surface area (Å²) in [5.41, 5.74) is 0.101. The molecule has 0 amide bonds. The van der Waals surface area contributed by atoms with E-state index in [1.54, 1.807) is 6.92 Å². The first kappa shape index (κ1) is 15.9. The molecule has 0 saturated heterocycles. The van der Waals surface area contributed by atoms with E-state index < -0.39 is 27.6 Å². The maximum absolute atomic E-state index is 13.2. The van der Waals surface area contributed by atoms with E-state index in [0.29, 0.717) is 0 Å². The third-order valence-electron chi connectivity index (χ3n) is 2.07. The molecule has 0 saturated carbocycles. The van der Waals surface area contributed by atoms with E-state index in [-0.39, 0.29) is 23.2 Å². The van der Waals surface area contributed by atoms with Crippen molar-refractivity contribution in [3.8, 4) is 0 Å². The molecule has 1 N–H and O–H groups in total. The van der Waals surface area contributed by atoms with Crippen LogP contribution in [0.15, 0.2) is 22.7 Å². The van der Waals surface area contributed by atoms with Crippen molar-refractivity contribution in [3.63, 3.8) is 0 Å². The maximum atomic E-state index is 13.2. The van der Waals surface area contributed by atoms with Crippen LogP contribution >= 0.6 is 15.9 Å². The van der Waals surface area contributed by atoms with Gasteiger partial charge in [0.15, 0.2) is 0 Å². The van der Waals surface area contributed by atoms with Crippen LogP contribution < -0.4 is 4.72 Å². The van der Waals surface area contributed by atoms with Gasteiger partial charge in [-0.1, -0.05) is 0 Å². The highest BCUT2D eigenvalue weighted by Crippen LogP contribution is 2.20. The number of carbonyl (C=O) groups is 1. The smallest absolute Gasteiger partial charge is 0.306 e. The van der Waals surface area contributed by atoms with Gasteiger partial charge in [-0.25, -0.2) is 12.8 Å². The molecule has 1 rings (SSSR count). The SMILES string of the molecule is CCOC(=O)CCS(=O)(=O)Nc1ccc(Br)c(F)c1. The summed E-state index contributed by atoms with van der Waals surface area (Å²) in [5, 5.41) is 0. The molecule has 0 fully saturated rings. The van der Waals surface area contributed by atoms with Crippen molar-refractivity contribution in [2.24, 2.45) is 0 Å². The summed E-state index contributed by atoms with van der Waals surface area (Å²) in [6, 6.07) is 3.85. The van der Waals surface area contributed by atoms with Gasteiger partial charge in [-0.3, -0.25) is 9.52 Å². The molecule has 1 aromatic rings. The van der Waals surface area contributed by atoms with Crippen molar-refractivity contribution in [1.29, 1.82) is 0 Å². The largest absolute Gasteiger partial charge is 0.466 e. The highest BCUT2D eigenvalue weighted by molar-refractivity contribution is 9.10. The molecule has 0 bridgehead atoms. The number of hydrogen-bond donors (Lipinski definition) is 1. The van der Waals surface area contributed by atoms with Gasteiger partial charge in [0.1, 0.15) is 5.82 Å². The van der Waals surface area contributed by atoms with E-state index in [1.807, 2.05) is 0 Å². The van der Waals surface area contributed by atoms with Crippen LogP contribution in [0.5, 0.6) is 0 Å². The number of halogens is 2. The first-order valence-electron chi connectivity index (χ1n) is 5.45. The molecular weight excluding hydrogens is 341 g/mol. The zero-order valence-corrected chi connectivity index (χ0v) is 12.6. The lowest BCUT2D eigenvalue weighted by atomic mass is 10.3. The van der Waals surface area contributed by atoms with E-state index in [1.165, 1.54) is 12.1 Å². The topological polar surface area (TPSA) is 72.5 Å². The molecule has 8 heteroatoms. The summed E-state index contributed by atoms with van der Waals surface area (Å²) in [6.45, 7) is 1.83. The second-order valence-corrected chi connectivity index (χ2v) is 6.30. The molecule has 0 aromatic heterocycles. The van der Waals surface area contributed by atoms with E-state index >= 15 is 0 Å². The van der Waals surface area contributed by atoms with Crippen LogP contribution in [0.3, 0.4) is 0 Å². The number of carbonyl (C=O) groups excluding carboxylic acids is 1. The van der Waals surface area contributed by atoms with Crippen LogP contribution in [-0.2, 0) is 19.6 Å². The second-order valence-electron chi connectivity index (χ2n) is 3.60. The van der Waals surface area contributed by atoms with Crippen molar-refractivity contribution in [1.82, 2.24) is 0 Å². The van der Waals surface area contributed by atoms with Gasteiger partial charge in [-0.05, 0) is 41.1 Å². The van der Waals surface area contributed by atoms with Crippen molar-refractivity contribution < 1.29 is 22.3 Å². The summed E-state index contributed by atoms with van der Waals surface area (Å²) in [6.07, 6.45) is -0.248. The molecule has 0 radical (unpaired) electrons. The van der Waals surface area contributed by atoms with Gasteiger partial charge in [0, 0.05) is 0 Å². The number of ether oxygens (including phenoxy) is 1. The van der Waals surface area contributed by atoms with E-state index in [4.69, 9.17) is 0 Å². The van der Waals surface area contributed by atoms with Gasteiger partial charge < -0.3 is 4.74 Å². The minimum absolute atomic E-state index is 0.101. The zero-order valence-electron chi connectivity index (χ0n) is 10.2. The van der Waals surface area contributed by atoms with Gasteiger partial charge in [-0.15, -0.1) is 0 Å². The second kappa shape index (κ2) is 6.85. The zero-order chi connectivity index (χ0) is 14.5. The van der Waals surface area contributed by atoms with E-state index in [2.05, 4.69) is 25.4 Å². The molecule has 0 unspecified atom stereocenters. The van der Waals surface area contributed by atoms with E-state index in [0.717, 1.165) is 6.07 Å². The summed E-state index contributed by atoms with van der Waals surface area (Å²) >= 11 is 2.96. The molecule has 0 heterocycles. The number of esters is 1. The molecule has 0 aliphatic rings. The number of sulfonamides is 1. The fraction of sp³-hybridized carbons (Fsp3) is 0.364. The van der Waals surface area contributed by atoms with Crippen molar-refractivity contribution in [2.75, 3.05) is 17.1 Å². The van der Waals surface area contributed by atoms with Gasteiger partial charge in [0.05, 0.1) is 28.9 Å². The summed E-state index contributed by atoms with van der Waals surface area (Å²) in [4.78, 5) is 11.1. The lowest BCUT2D eigenvalue weighted by Crippen LogP contribution is -2.20. The Morgan fingerprint density at radius 1 is 1.47 bits per heavy atom. The van der Waals surface area contributed by atoms with Crippen LogP contribution in [0.4, 0.5) is 10.1 Å². The maximum Gasteiger partial charge on any atom is 0.306 e. The molecule has 19 heavy (non-hydrogen) atoms. The van der Waals surface area contributed by atoms with Crippen LogP contribution in [-0.4, -0.2) is 26.7 Å². The first-order valence-corrected chi connectivity index (χ1v) is 7.89. The Hall–Kier alpha value is -1.15. The van der Waals surface area contributed by atoms with Gasteiger partial charge >= 0.3 is 5.97 Å². The Morgan fingerprint density at radius 3 is 2.74 bits per heavy atom. The quantitative estimate of drug-likeness (QED) is 0.796. The lowest BCUT2D eigenvalue weighted by molar-refractivity contribution is -0.142. The third kappa shape index (κ3) is 5.56. The lowest BCUT2D eigenvalue weighted by Gasteiger charge is -2.08. The highest BCUT2D eigenvalue weighted by atomic mass is 79.9. The summed E-state index contributed by atoms with van der Waals surface area (Å²) < 4.78 is 43.6. The molecule has 1 aromatic carbocycles. The Kier molecular flexibility index (Phi) is 5.74. The van der Waals surface area contributed by atoms with Gasteiger partial charge in [-0.2, -0.15) is 0 Å². The molecule has 0 aliphatic carbocycles. The minimum atomic E-state index is -3.71. The van der Waals surface area contributed by atoms with Crippen LogP contribution in [0.1, 0.15) is 13.3 Å². The Morgan fingerprint density at radius 2 is 2.16 bits per heavy atom. The predicted molar refractivity (Wildman–Crippen MR) is 72.8 cm³/mol.